The summed E-state index contributed by atoms with van der Waals surface area (Å²) in [5, 5.41) is 0. The molecule has 7 nitrogen and oxygen atoms in total. The van der Waals surface area contributed by atoms with Crippen LogP contribution in [0.15, 0.2) is 24.3 Å². The molecular formula is C21H26O7. The summed E-state index contributed by atoms with van der Waals surface area (Å²) in [4.78, 5) is 22.9. The lowest BCUT2D eigenvalue weighted by molar-refractivity contribution is -0.137. The van der Waals surface area contributed by atoms with Gasteiger partial charge in [0.25, 0.3) is 0 Å². The second kappa shape index (κ2) is 8.82. The normalized spacial score (nSPS) is 18.1. The van der Waals surface area contributed by atoms with Crippen LogP contribution in [0, 0.1) is 6.92 Å². The molecule has 1 aromatic rings. The molecule has 1 aliphatic heterocycles. The van der Waals surface area contributed by atoms with Crippen LogP contribution in [0.3, 0.4) is 0 Å². The van der Waals surface area contributed by atoms with E-state index in [4.69, 9.17) is 23.7 Å². The molecule has 0 spiro atoms. The van der Waals surface area contributed by atoms with E-state index < -0.39 is 17.5 Å². The minimum atomic E-state index is -0.667. The van der Waals surface area contributed by atoms with Gasteiger partial charge in [-0.05, 0) is 26.8 Å². The lowest BCUT2D eigenvalue weighted by atomic mass is 9.95. The van der Waals surface area contributed by atoms with Crippen molar-refractivity contribution in [2.75, 3.05) is 20.8 Å². The fourth-order valence-corrected chi connectivity index (χ4v) is 3.08. The Balaban J connectivity index is 2.37. The Labute approximate surface area is 164 Å². The predicted molar refractivity (Wildman–Crippen MR) is 103 cm³/mol. The largest absolute Gasteiger partial charge is 0.490 e. The van der Waals surface area contributed by atoms with E-state index in [9.17, 15) is 9.59 Å². The van der Waals surface area contributed by atoms with Crippen LogP contribution in [-0.2, 0) is 20.7 Å². The molecule has 0 radical (unpaired) electrons. The number of benzene rings is 1. The van der Waals surface area contributed by atoms with Gasteiger partial charge in [-0.1, -0.05) is 12.2 Å². The molecule has 0 fully saturated rings. The Hall–Kier alpha value is -2.96. The monoisotopic (exact) mass is 390 g/mol. The zero-order valence-corrected chi connectivity index (χ0v) is 17.1. The van der Waals surface area contributed by atoms with Crippen molar-refractivity contribution in [1.29, 1.82) is 0 Å². The molecule has 1 heterocycles. The average Bonchev–Trinajstić information content (AvgIpc) is 2.99. The van der Waals surface area contributed by atoms with Gasteiger partial charge in [0, 0.05) is 30.5 Å². The van der Waals surface area contributed by atoms with E-state index in [0.29, 0.717) is 36.0 Å². The number of fused-ring (bicyclic) bond motifs is 1. The summed E-state index contributed by atoms with van der Waals surface area (Å²) >= 11 is 0. The smallest absolute Gasteiger partial charge is 0.330 e. The quantitative estimate of drug-likeness (QED) is 0.306. The summed E-state index contributed by atoms with van der Waals surface area (Å²) in [5.74, 6) is 0.706. The van der Waals surface area contributed by atoms with Gasteiger partial charge in [-0.15, -0.1) is 0 Å². The molecule has 0 aliphatic carbocycles. The van der Waals surface area contributed by atoms with Crippen LogP contribution in [0.1, 0.15) is 31.9 Å². The Morgan fingerprint density at radius 2 is 1.82 bits per heavy atom. The molecule has 2 rings (SSSR count). The Kier molecular flexibility index (Phi) is 6.72. The van der Waals surface area contributed by atoms with Crippen molar-refractivity contribution in [2.24, 2.45) is 0 Å². The second-order valence-corrected chi connectivity index (χ2v) is 6.48. The number of carbonyl (C=O) groups excluding carboxylic acids is 2. The maximum atomic E-state index is 11.5. The van der Waals surface area contributed by atoms with Crippen molar-refractivity contribution in [3.05, 3.63) is 35.4 Å². The van der Waals surface area contributed by atoms with E-state index in [1.165, 1.54) is 27.2 Å². The molecule has 28 heavy (non-hydrogen) atoms. The first-order valence-corrected chi connectivity index (χ1v) is 8.93. The van der Waals surface area contributed by atoms with Crippen molar-refractivity contribution < 1.29 is 33.3 Å². The van der Waals surface area contributed by atoms with Crippen LogP contribution in [0.5, 0.6) is 23.0 Å². The van der Waals surface area contributed by atoms with Crippen molar-refractivity contribution in [3.63, 3.8) is 0 Å². The molecule has 0 amide bonds. The molecule has 0 bridgehead atoms. The molecule has 0 saturated heterocycles. The van der Waals surface area contributed by atoms with Crippen molar-refractivity contribution in [3.8, 4) is 23.0 Å². The van der Waals surface area contributed by atoms with E-state index >= 15 is 0 Å². The highest BCUT2D eigenvalue weighted by Crippen LogP contribution is 2.54. The van der Waals surface area contributed by atoms with Gasteiger partial charge in [-0.3, -0.25) is 4.79 Å². The number of hydrogen-bond acceptors (Lipinski definition) is 7. The number of allylic oxidation sites excluding steroid dienone is 2. The molecule has 152 valence electrons. The number of methoxy groups -OCH3 is 2. The van der Waals surface area contributed by atoms with Crippen LogP contribution >= 0.6 is 0 Å². The number of ether oxygens (including phenoxy) is 5. The maximum absolute atomic E-state index is 11.5. The van der Waals surface area contributed by atoms with Crippen molar-refractivity contribution in [1.82, 2.24) is 0 Å². The highest BCUT2D eigenvalue weighted by molar-refractivity contribution is 5.82. The van der Waals surface area contributed by atoms with E-state index in [1.54, 1.807) is 19.1 Å². The Morgan fingerprint density at radius 3 is 2.39 bits per heavy atom. The zero-order chi connectivity index (χ0) is 20.9. The third-order valence-corrected chi connectivity index (χ3v) is 4.28. The highest BCUT2D eigenvalue weighted by atomic mass is 16.6. The second-order valence-electron chi connectivity index (χ2n) is 6.48. The standard InChI is InChI=1S/C21H26O7/c1-7-26-16(23)10-8-9-11-21(4)12-15-13(2)17(27-14(3)22)19(24-5)20(25-6)18(15)28-21/h8-11H,7,12H2,1-6H3. The van der Waals surface area contributed by atoms with Crippen LogP contribution in [0.25, 0.3) is 0 Å². The molecular weight excluding hydrogens is 364 g/mol. The van der Waals surface area contributed by atoms with Crippen LogP contribution < -0.4 is 18.9 Å². The number of hydrogen-bond donors (Lipinski definition) is 0. The molecule has 0 aromatic heterocycles. The molecule has 0 saturated carbocycles. The number of rotatable bonds is 7. The third-order valence-electron chi connectivity index (χ3n) is 4.28. The van der Waals surface area contributed by atoms with Crippen LogP contribution in [-0.4, -0.2) is 38.4 Å². The fraction of sp³-hybridized carbons (Fsp3) is 0.429. The summed E-state index contributed by atoms with van der Waals surface area (Å²) in [6.07, 6.45) is 7.06. The molecule has 1 unspecified atom stereocenters. The first-order chi connectivity index (χ1) is 13.3. The predicted octanol–water partition coefficient (Wildman–Crippen LogP) is 3.31. The van der Waals surface area contributed by atoms with Gasteiger partial charge < -0.3 is 23.7 Å². The van der Waals surface area contributed by atoms with Gasteiger partial charge in [-0.25, -0.2) is 4.79 Å². The van der Waals surface area contributed by atoms with Gasteiger partial charge in [0.2, 0.25) is 11.5 Å². The third kappa shape index (κ3) is 4.47. The minimum absolute atomic E-state index is 0.310. The van der Waals surface area contributed by atoms with E-state index in [-0.39, 0.29) is 0 Å². The minimum Gasteiger partial charge on any atom is -0.490 e. The van der Waals surface area contributed by atoms with Crippen molar-refractivity contribution >= 4 is 11.9 Å². The lowest BCUT2D eigenvalue weighted by Crippen LogP contribution is -2.27. The van der Waals surface area contributed by atoms with E-state index in [0.717, 1.165) is 11.1 Å². The summed E-state index contributed by atoms with van der Waals surface area (Å²) in [5.41, 5.74) is 0.955. The van der Waals surface area contributed by atoms with Gasteiger partial charge in [0.1, 0.15) is 5.60 Å². The maximum Gasteiger partial charge on any atom is 0.330 e. The van der Waals surface area contributed by atoms with Crippen LogP contribution in [0.4, 0.5) is 0 Å². The first kappa shape index (κ1) is 21.3. The lowest BCUT2D eigenvalue weighted by Gasteiger charge is -2.20. The summed E-state index contributed by atoms with van der Waals surface area (Å²) in [7, 11) is 2.98. The molecule has 1 atom stereocenters. The van der Waals surface area contributed by atoms with Crippen LogP contribution in [0.2, 0.25) is 0 Å². The van der Waals surface area contributed by atoms with Crippen molar-refractivity contribution in [2.45, 2.75) is 39.7 Å². The average molecular weight is 390 g/mol. The fourth-order valence-electron chi connectivity index (χ4n) is 3.08. The first-order valence-electron chi connectivity index (χ1n) is 8.93. The topological polar surface area (TPSA) is 80.3 Å². The van der Waals surface area contributed by atoms with Gasteiger partial charge in [0.05, 0.1) is 20.8 Å². The Bertz CT molecular complexity index is 823. The SMILES string of the molecule is CCOC(=O)C=CC=CC1(C)Cc2c(C)c(OC(C)=O)c(OC)c(OC)c2O1. The Morgan fingerprint density at radius 1 is 1.14 bits per heavy atom. The summed E-state index contributed by atoms with van der Waals surface area (Å²) in [6, 6.07) is 0. The molecule has 0 N–H and O–H groups in total. The molecule has 7 heteroatoms. The summed E-state index contributed by atoms with van der Waals surface area (Å²) < 4.78 is 27.3. The van der Waals surface area contributed by atoms with E-state index in [1.807, 2.05) is 19.9 Å². The van der Waals surface area contributed by atoms with Gasteiger partial charge in [0.15, 0.2) is 11.5 Å². The van der Waals surface area contributed by atoms with Gasteiger partial charge >= 0.3 is 11.9 Å². The number of esters is 2. The number of carbonyl (C=O) groups is 2. The van der Waals surface area contributed by atoms with Gasteiger partial charge in [-0.2, -0.15) is 0 Å². The molecule has 1 aromatic carbocycles. The van der Waals surface area contributed by atoms with E-state index in [2.05, 4.69) is 0 Å². The molecule has 1 aliphatic rings. The highest BCUT2D eigenvalue weighted by Gasteiger charge is 2.39. The summed E-state index contributed by atoms with van der Waals surface area (Å²) in [6.45, 7) is 7.17. The zero-order valence-electron chi connectivity index (χ0n) is 17.1.